The highest BCUT2D eigenvalue weighted by atomic mass is 16.6. The van der Waals surface area contributed by atoms with Gasteiger partial charge in [0.15, 0.2) is 11.5 Å². The molecule has 0 fully saturated rings. The summed E-state index contributed by atoms with van der Waals surface area (Å²) in [5, 5.41) is 17.2. The number of terminal acetylenes is 1. The molecule has 2 N–H and O–H groups in total. The summed E-state index contributed by atoms with van der Waals surface area (Å²) in [4.78, 5) is 61.0. The minimum Gasteiger partial charge on any atom is -0.493 e. The lowest BCUT2D eigenvalue weighted by Gasteiger charge is -2.23. The van der Waals surface area contributed by atoms with Crippen molar-refractivity contribution in [3.05, 3.63) is 27.8 Å². The Balaban J connectivity index is 2.91. The smallest absolute Gasteiger partial charge is 0.407 e. The van der Waals surface area contributed by atoms with Crippen molar-refractivity contribution < 1.29 is 43.0 Å². The number of methoxy groups -OCH3 is 3. The third kappa shape index (κ3) is 13.8. The van der Waals surface area contributed by atoms with Crippen LogP contribution in [0.4, 0.5) is 10.5 Å². The van der Waals surface area contributed by atoms with E-state index in [-0.39, 0.29) is 79.4 Å². The molecular formula is C29H42N4O10. The molecule has 1 unspecified atom stereocenters. The van der Waals surface area contributed by atoms with E-state index in [1.165, 1.54) is 38.4 Å². The van der Waals surface area contributed by atoms with Gasteiger partial charge < -0.3 is 34.5 Å². The lowest BCUT2D eigenvalue weighted by atomic mass is 10.0. The zero-order valence-electron chi connectivity index (χ0n) is 25.3. The molecule has 0 saturated carbocycles. The number of rotatable bonds is 20. The standard InChI is InChI=1S/C29H42N4O10/c1-6-16-30-26(34)12-8-7-11-17-31-29(37)43-23(15-18-32(2)27(35)13-9-10-14-28(36)42-5)21-19-24(40-3)25(41-4)20-22(21)33(38)39/h1,19-20,23H,7-18H2,2-5H3,(H,30,34)(H,31,37). The summed E-state index contributed by atoms with van der Waals surface area (Å²) < 4.78 is 20.7. The molecule has 43 heavy (non-hydrogen) atoms. The number of nitro groups is 1. The summed E-state index contributed by atoms with van der Waals surface area (Å²) in [6, 6.07) is 2.58. The first-order chi connectivity index (χ1) is 20.6. The van der Waals surface area contributed by atoms with Crippen molar-refractivity contribution >= 4 is 29.6 Å². The maximum absolute atomic E-state index is 12.7. The number of nitro benzene ring substituents is 1. The van der Waals surface area contributed by atoms with Crippen molar-refractivity contribution in [3.63, 3.8) is 0 Å². The number of amides is 3. The van der Waals surface area contributed by atoms with E-state index in [0.717, 1.165) is 0 Å². The molecule has 0 aliphatic rings. The number of ether oxygens (including phenoxy) is 4. The van der Waals surface area contributed by atoms with Gasteiger partial charge in [-0.15, -0.1) is 6.42 Å². The molecule has 0 aromatic heterocycles. The van der Waals surface area contributed by atoms with E-state index in [9.17, 15) is 29.3 Å². The predicted octanol–water partition coefficient (Wildman–Crippen LogP) is 3.27. The molecule has 238 valence electrons. The van der Waals surface area contributed by atoms with Crippen LogP contribution in [0.15, 0.2) is 12.1 Å². The van der Waals surface area contributed by atoms with E-state index >= 15 is 0 Å². The van der Waals surface area contributed by atoms with Crippen LogP contribution >= 0.6 is 0 Å². The Morgan fingerprint density at radius 1 is 0.977 bits per heavy atom. The first-order valence-electron chi connectivity index (χ1n) is 13.9. The second-order valence-electron chi connectivity index (χ2n) is 9.52. The molecule has 14 nitrogen and oxygen atoms in total. The van der Waals surface area contributed by atoms with Gasteiger partial charge in [0.2, 0.25) is 11.8 Å². The molecule has 0 radical (unpaired) electrons. The summed E-state index contributed by atoms with van der Waals surface area (Å²) in [5.41, 5.74) is -0.259. The molecule has 14 heteroatoms. The van der Waals surface area contributed by atoms with Gasteiger partial charge in [0.05, 0.1) is 44.4 Å². The van der Waals surface area contributed by atoms with Gasteiger partial charge in [-0.2, -0.15) is 0 Å². The van der Waals surface area contributed by atoms with Crippen molar-refractivity contribution in [2.45, 2.75) is 63.9 Å². The Kier molecular flexibility index (Phi) is 17.3. The molecule has 0 aliphatic carbocycles. The number of carbonyl (C=O) groups is 4. The number of hydrogen-bond acceptors (Lipinski definition) is 10. The fourth-order valence-corrected chi connectivity index (χ4v) is 4.04. The van der Waals surface area contributed by atoms with Crippen LogP contribution in [0.25, 0.3) is 0 Å². The summed E-state index contributed by atoms with van der Waals surface area (Å²) in [6.45, 7) is 0.559. The van der Waals surface area contributed by atoms with E-state index in [0.29, 0.717) is 38.5 Å². The van der Waals surface area contributed by atoms with E-state index in [4.69, 9.17) is 20.6 Å². The van der Waals surface area contributed by atoms with Crippen LogP contribution in [0.1, 0.15) is 69.5 Å². The van der Waals surface area contributed by atoms with Gasteiger partial charge in [-0.25, -0.2) is 4.79 Å². The lowest BCUT2D eigenvalue weighted by molar-refractivity contribution is -0.386. The summed E-state index contributed by atoms with van der Waals surface area (Å²) in [6.07, 6.45) is 6.82. The third-order valence-corrected chi connectivity index (χ3v) is 6.46. The molecule has 1 rings (SSSR count). The first-order valence-corrected chi connectivity index (χ1v) is 13.9. The van der Waals surface area contributed by atoms with Gasteiger partial charge >= 0.3 is 12.1 Å². The third-order valence-electron chi connectivity index (χ3n) is 6.46. The van der Waals surface area contributed by atoms with Crippen molar-refractivity contribution in [1.29, 1.82) is 0 Å². The number of unbranched alkanes of at least 4 members (excludes halogenated alkanes) is 3. The number of alkyl carbamates (subject to hydrolysis) is 1. The van der Waals surface area contributed by atoms with Crippen LogP contribution in [0.3, 0.4) is 0 Å². The number of nitrogens with one attached hydrogen (secondary N) is 2. The van der Waals surface area contributed by atoms with Gasteiger partial charge in [-0.1, -0.05) is 12.3 Å². The second-order valence-corrected chi connectivity index (χ2v) is 9.52. The molecule has 3 amide bonds. The molecule has 0 heterocycles. The van der Waals surface area contributed by atoms with Crippen molar-refractivity contribution in [3.8, 4) is 23.8 Å². The molecule has 0 spiro atoms. The Hall–Kier alpha value is -4.54. The van der Waals surface area contributed by atoms with Gasteiger partial charge in [-0.3, -0.25) is 24.5 Å². The second kappa shape index (κ2) is 20.4. The number of nitrogens with zero attached hydrogens (tertiary/aromatic N) is 2. The van der Waals surface area contributed by atoms with Crippen molar-refractivity contribution in [2.24, 2.45) is 0 Å². The Labute approximate surface area is 251 Å². The van der Waals surface area contributed by atoms with E-state index in [1.807, 2.05) is 0 Å². The molecule has 1 aromatic carbocycles. The Morgan fingerprint density at radius 2 is 1.63 bits per heavy atom. The zero-order chi connectivity index (χ0) is 32.2. The van der Waals surface area contributed by atoms with Gasteiger partial charge in [-0.05, 0) is 31.7 Å². The summed E-state index contributed by atoms with van der Waals surface area (Å²) in [7, 11) is 5.60. The SMILES string of the molecule is C#CCNC(=O)CCCCCNC(=O)OC(CCN(C)C(=O)CCCCC(=O)OC)c1cc(OC)c(OC)cc1[N+](=O)[O-]. The van der Waals surface area contributed by atoms with Gasteiger partial charge in [0.25, 0.3) is 5.69 Å². The number of benzene rings is 1. The molecule has 0 saturated heterocycles. The largest absolute Gasteiger partial charge is 0.493 e. The summed E-state index contributed by atoms with van der Waals surface area (Å²) >= 11 is 0. The Morgan fingerprint density at radius 3 is 2.26 bits per heavy atom. The van der Waals surface area contributed by atoms with Crippen LogP contribution in [-0.4, -0.2) is 81.7 Å². The number of esters is 1. The molecule has 0 aliphatic heterocycles. The maximum atomic E-state index is 12.7. The van der Waals surface area contributed by atoms with E-state index in [1.54, 1.807) is 7.05 Å². The normalized spacial score (nSPS) is 11.0. The zero-order valence-corrected chi connectivity index (χ0v) is 25.3. The average Bonchev–Trinajstić information content (AvgIpc) is 3.00. The minimum atomic E-state index is -1.10. The fraction of sp³-hybridized carbons (Fsp3) is 0.586. The monoisotopic (exact) mass is 606 g/mol. The Bertz CT molecular complexity index is 1130. The van der Waals surface area contributed by atoms with E-state index < -0.39 is 17.1 Å². The van der Waals surface area contributed by atoms with Crippen LogP contribution in [-0.2, 0) is 23.9 Å². The van der Waals surface area contributed by atoms with Crippen LogP contribution in [0.2, 0.25) is 0 Å². The van der Waals surface area contributed by atoms with Crippen LogP contribution in [0, 0.1) is 22.5 Å². The maximum Gasteiger partial charge on any atom is 0.407 e. The predicted molar refractivity (Wildman–Crippen MR) is 156 cm³/mol. The van der Waals surface area contributed by atoms with Crippen LogP contribution in [0.5, 0.6) is 11.5 Å². The van der Waals surface area contributed by atoms with Crippen LogP contribution < -0.4 is 20.1 Å². The first kappa shape index (κ1) is 36.5. The molecule has 0 bridgehead atoms. The number of carbonyl (C=O) groups excluding carboxylic acids is 4. The quantitative estimate of drug-likeness (QED) is 0.0736. The van der Waals surface area contributed by atoms with Crippen molar-refractivity contribution in [1.82, 2.24) is 15.5 Å². The highest BCUT2D eigenvalue weighted by Crippen LogP contribution is 2.39. The van der Waals surface area contributed by atoms with Crippen molar-refractivity contribution in [2.75, 3.05) is 48.0 Å². The number of hydrogen-bond donors (Lipinski definition) is 2. The molecular weight excluding hydrogens is 564 g/mol. The molecule has 1 atom stereocenters. The highest BCUT2D eigenvalue weighted by molar-refractivity contribution is 5.76. The minimum absolute atomic E-state index is 0.0565. The van der Waals surface area contributed by atoms with Gasteiger partial charge in [0, 0.05) is 45.8 Å². The average molecular weight is 607 g/mol. The summed E-state index contributed by atoms with van der Waals surface area (Å²) in [5.74, 6) is 1.98. The van der Waals surface area contributed by atoms with Gasteiger partial charge in [0.1, 0.15) is 6.10 Å². The highest BCUT2D eigenvalue weighted by Gasteiger charge is 2.29. The van der Waals surface area contributed by atoms with E-state index in [2.05, 4.69) is 21.3 Å². The lowest BCUT2D eigenvalue weighted by Crippen LogP contribution is -2.31. The fourth-order valence-electron chi connectivity index (χ4n) is 4.04. The molecule has 1 aromatic rings. The topological polar surface area (TPSA) is 176 Å².